The van der Waals surface area contributed by atoms with Crippen molar-refractivity contribution in [3.63, 3.8) is 0 Å². The third-order valence-corrected chi connectivity index (χ3v) is 2.20. The number of rotatable bonds is 1. The maximum absolute atomic E-state index is 9.23. The Kier molecular flexibility index (Phi) is 1.66. The number of hydrogen-bond acceptors (Lipinski definition) is 3. The molecule has 12 heavy (non-hydrogen) atoms. The molecule has 0 bridgehead atoms. The van der Waals surface area contributed by atoms with Crippen LogP contribution < -0.4 is 0 Å². The van der Waals surface area contributed by atoms with Gasteiger partial charge in [-0.3, -0.25) is 0 Å². The van der Waals surface area contributed by atoms with Gasteiger partial charge in [-0.25, -0.2) is 4.98 Å². The van der Waals surface area contributed by atoms with E-state index in [4.69, 9.17) is 0 Å². The van der Waals surface area contributed by atoms with Crippen LogP contribution in [0, 0.1) is 0 Å². The summed E-state index contributed by atoms with van der Waals surface area (Å²) in [6, 6.07) is 0.424. The molecule has 1 aliphatic rings. The molecule has 0 aliphatic carbocycles. The number of hydrogen-bond donors (Lipinski definition) is 1. The van der Waals surface area contributed by atoms with Crippen molar-refractivity contribution in [2.75, 3.05) is 0 Å². The molecule has 4 nitrogen and oxygen atoms in total. The third-order valence-electron chi connectivity index (χ3n) is 2.20. The molecule has 0 saturated heterocycles. The lowest BCUT2D eigenvalue weighted by Crippen LogP contribution is -2.12. The van der Waals surface area contributed by atoms with Crippen molar-refractivity contribution in [3.05, 3.63) is 17.7 Å². The minimum atomic E-state index is 0.424. The fourth-order valence-corrected chi connectivity index (χ4v) is 1.58. The summed E-state index contributed by atoms with van der Waals surface area (Å²) in [4.78, 5) is 4.23. The first-order valence-corrected chi connectivity index (χ1v) is 4.17. The molecular formula is C8H13N3O. The van der Waals surface area contributed by atoms with Gasteiger partial charge in [-0.1, -0.05) is 0 Å². The molecule has 0 fully saturated rings. The van der Waals surface area contributed by atoms with Crippen LogP contribution in [0.1, 0.15) is 31.3 Å². The van der Waals surface area contributed by atoms with E-state index >= 15 is 0 Å². The van der Waals surface area contributed by atoms with E-state index in [2.05, 4.69) is 23.4 Å². The monoisotopic (exact) mass is 167 g/mol. The van der Waals surface area contributed by atoms with Crippen LogP contribution in [0.4, 0.5) is 0 Å². The Balaban J connectivity index is 2.37. The van der Waals surface area contributed by atoms with E-state index in [1.807, 2.05) is 6.33 Å². The summed E-state index contributed by atoms with van der Waals surface area (Å²) in [5, 5.41) is 10.5. The molecule has 1 aromatic rings. The molecule has 2 heterocycles. The molecule has 2 rings (SSSR count). The summed E-state index contributed by atoms with van der Waals surface area (Å²) >= 11 is 0. The Morgan fingerprint density at radius 3 is 2.92 bits per heavy atom. The molecule has 0 unspecified atom stereocenters. The molecule has 1 aromatic heterocycles. The van der Waals surface area contributed by atoms with Crippen molar-refractivity contribution in [2.24, 2.45) is 0 Å². The van der Waals surface area contributed by atoms with E-state index in [1.54, 1.807) is 0 Å². The molecule has 0 saturated carbocycles. The summed E-state index contributed by atoms with van der Waals surface area (Å²) in [5.74, 6) is 0. The Bertz CT molecular complexity index is 292. The van der Waals surface area contributed by atoms with Crippen molar-refractivity contribution < 1.29 is 5.21 Å². The number of fused-ring (bicyclic) bond motifs is 1. The zero-order chi connectivity index (χ0) is 8.72. The van der Waals surface area contributed by atoms with Crippen LogP contribution >= 0.6 is 0 Å². The second-order valence-electron chi connectivity index (χ2n) is 3.46. The standard InChI is InChI=1S/C8H13N3O/c1-6(2)11-5-9-7-3-10(12)4-8(7)11/h5-6,12H,3-4H2,1-2H3. The number of nitrogens with zero attached hydrogens (tertiary/aromatic N) is 3. The van der Waals surface area contributed by atoms with Crippen molar-refractivity contribution >= 4 is 0 Å². The summed E-state index contributed by atoms with van der Waals surface area (Å²) in [5.41, 5.74) is 2.15. The van der Waals surface area contributed by atoms with Gasteiger partial charge in [0.05, 0.1) is 30.8 Å². The molecule has 0 amide bonds. The first-order valence-electron chi connectivity index (χ1n) is 4.17. The highest BCUT2D eigenvalue weighted by atomic mass is 16.5. The SMILES string of the molecule is CC(C)n1cnc2c1CN(O)C2. The van der Waals surface area contributed by atoms with Crippen LogP contribution in [-0.2, 0) is 13.1 Å². The molecular weight excluding hydrogens is 154 g/mol. The Labute approximate surface area is 71.4 Å². The van der Waals surface area contributed by atoms with Gasteiger partial charge in [0.2, 0.25) is 0 Å². The zero-order valence-electron chi connectivity index (χ0n) is 7.36. The maximum Gasteiger partial charge on any atom is 0.0955 e. The van der Waals surface area contributed by atoms with Crippen molar-refractivity contribution in [1.82, 2.24) is 14.6 Å². The van der Waals surface area contributed by atoms with Crippen LogP contribution in [0.25, 0.3) is 0 Å². The number of aromatic nitrogens is 2. The molecule has 66 valence electrons. The van der Waals surface area contributed by atoms with Gasteiger partial charge in [0, 0.05) is 6.04 Å². The van der Waals surface area contributed by atoms with E-state index in [1.165, 1.54) is 5.06 Å². The zero-order valence-corrected chi connectivity index (χ0v) is 7.36. The lowest BCUT2D eigenvalue weighted by Gasteiger charge is -2.10. The molecule has 0 atom stereocenters. The minimum absolute atomic E-state index is 0.424. The number of imidazole rings is 1. The maximum atomic E-state index is 9.23. The fourth-order valence-electron chi connectivity index (χ4n) is 1.58. The Hall–Kier alpha value is -0.870. The summed E-state index contributed by atoms with van der Waals surface area (Å²) in [7, 11) is 0. The van der Waals surface area contributed by atoms with Crippen LogP contribution in [0.2, 0.25) is 0 Å². The van der Waals surface area contributed by atoms with Gasteiger partial charge in [0.15, 0.2) is 0 Å². The van der Waals surface area contributed by atoms with Crippen molar-refractivity contribution in [2.45, 2.75) is 33.0 Å². The Morgan fingerprint density at radius 2 is 2.25 bits per heavy atom. The highest BCUT2D eigenvalue weighted by molar-refractivity contribution is 5.17. The van der Waals surface area contributed by atoms with E-state index < -0.39 is 0 Å². The minimum Gasteiger partial charge on any atom is -0.331 e. The molecule has 1 N–H and O–H groups in total. The largest absolute Gasteiger partial charge is 0.331 e. The van der Waals surface area contributed by atoms with E-state index in [0.717, 1.165) is 11.4 Å². The highest BCUT2D eigenvalue weighted by Gasteiger charge is 2.22. The molecule has 1 aliphatic heterocycles. The van der Waals surface area contributed by atoms with Gasteiger partial charge in [0.25, 0.3) is 0 Å². The lowest BCUT2D eigenvalue weighted by atomic mass is 10.3. The quantitative estimate of drug-likeness (QED) is 0.682. The first-order chi connectivity index (χ1) is 5.68. The average molecular weight is 167 g/mol. The third kappa shape index (κ3) is 1.04. The van der Waals surface area contributed by atoms with Gasteiger partial charge in [0.1, 0.15) is 0 Å². The van der Waals surface area contributed by atoms with Crippen LogP contribution in [-0.4, -0.2) is 19.8 Å². The molecule has 4 heteroatoms. The normalized spacial score (nSPS) is 17.3. The molecule has 0 spiro atoms. The van der Waals surface area contributed by atoms with Crippen molar-refractivity contribution in [3.8, 4) is 0 Å². The summed E-state index contributed by atoms with van der Waals surface area (Å²) in [6.07, 6.45) is 1.85. The highest BCUT2D eigenvalue weighted by Crippen LogP contribution is 2.22. The molecule has 0 aromatic carbocycles. The van der Waals surface area contributed by atoms with E-state index in [0.29, 0.717) is 19.1 Å². The second-order valence-corrected chi connectivity index (χ2v) is 3.46. The van der Waals surface area contributed by atoms with Gasteiger partial charge in [-0.2, -0.15) is 5.06 Å². The van der Waals surface area contributed by atoms with E-state index in [-0.39, 0.29) is 0 Å². The van der Waals surface area contributed by atoms with Crippen LogP contribution in [0.5, 0.6) is 0 Å². The molecule has 0 radical (unpaired) electrons. The lowest BCUT2D eigenvalue weighted by molar-refractivity contribution is -0.0986. The topological polar surface area (TPSA) is 41.3 Å². The summed E-state index contributed by atoms with van der Waals surface area (Å²) < 4.78 is 2.10. The van der Waals surface area contributed by atoms with Gasteiger partial charge >= 0.3 is 0 Å². The van der Waals surface area contributed by atoms with Gasteiger partial charge in [-0.05, 0) is 13.8 Å². The van der Waals surface area contributed by atoms with Gasteiger partial charge < -0.3 is 9.77 Å². The summed E-state index contributed by atoms with van der Waals surface area (Å²) in [6.45, 7) is 5.40. The predicted octanol–water partition coefficient (Wildman–Crippen LogP) is 1.17. The van der Waals surface area contributed by atoms with Crippen molar-refractivity contribution in [1.29, 1.82) is 0 Å². The fraction of sp³-hybridized carbons (Fsp3) is 0.625. The second kappa shape index (κ2) is 2.57. The first kappa shape index (κ1) is 7.76. The van der Waals surface area contributed by atoms with Gasteiger partial charge in [-0.15, -0.1) is 0 Å². The average Bonchev–Trinajstić information content (AvgIpc) is 2.43. The Morgan fingerprint density at radius 1 is 1.50 bits per heavy atom. The number of hydroxylamine groups is 2. The smallest absolute Gasteiger partial charge is 0.0955 e. The van der Waals surface area contributed by atoms with Crippen LogP contribution in [0.15, 0.2) is 6.33 Å². The van der Waals surface area contributed by atoms with E-state index in [9.17, 15) is 5.21 Å². The predicted molar refractivity (Wildman–Crippen MR) is 43.6 cm³/mol. The van der Waals surface area contributed by atoms with Crippen LogP contribution in [0.3, 0.4) is 0 Å².